The van der Waals surface area contributed by atoms with Gasteiger partial charge in [0.15, 0.2) is 18.1 Å². The molecule has 0 spiro atoms. The Kier molecular flexibility index (Phi) is 5.93. The van der Waals surface area contributed by atoms with Gasteiger partial charge < -0.3 is 24.4 Å². The zero-order valence-electron chi connectivity index (χ0n) is 15.4. The summed E-state index contributed by atoms with van der Waals surface area (Å²) in [6.07, 6.45) is 0.788. The van der Waals surface area contributed by atoms with E-state index < -0.39 is 0 Å². The highest BCUT2D eigenvalue weighted by Crippen LogP contribution is 2.31. The van der Waals surface area contributed by atoms with Crippen molar-refractivity contribution in [2.45, 2.75) is 6.42 Å². The quantitative estimate of drug-likeness (QED) is 0.809. The van der Waals surface area contributed by atoms with Gasteiger partial charge in [0.2, 0.25) is 0 Å². The molecule has 3 rings (SSSR count). The van der Waals surface area contributed by atoms with E-state index in [-0.39, 0.29) is 25.0 Å². The van der Waals surface area contributed by atoms with Gasteiger partial charge in [-0.2, -0.15) is 0 Å². The fraction of sp³-hybridized carbons (Fsp3) is 0.300. The normalized spacial score (nSPS) is 12.4. The highest BCUT2D eigenvalue weighted by atomic mass is 16.5. The number of benzene rings is 2. The molecule has 142 valence electrons. The van der Waals surface area contributed by atoms with Gasteiger partial charge in [0.25, 0.3) is 11.8 Å². The summed E-state index contributed by atoms with van der Waals surface area (Å²) in [6.45, 7) is 0.498. The van der Waals surface area contributed by atoms with Crippen molar-refractivity contribution >= 4 is 23.2 Å². The second-order valence-corrected chi connectivity index (χ2v) is 6.06. The summed E-state index contributed by atoms with van der Waals surface area (Å²) in [5, 5.41) is 2.80. The molecule has 1 aliphatic rings. The molecule has 0 aromatic heterocycles. The maximum absolute atomic E-state index is 12.2. The van der Waals surface area contributed by atoms with Crippen LogP contribution < -0.4 is 19.7 Å². The zero-order chi connectivity index (χ0) is 19.2. The Balaban J connectivity index is 1.63. The molecule has 2 aromatic carbocycles. The Morgan fingerprint density at radius 1 is 1.07 bits per heavy atom. The maximum Gasteiger partial charge on any atom is 0.262 e. The van der Waals surface area contributed by atoms with Gasteiger partial charge >= 0.3 is 0 Å². The van der Waals surface area contributed by atoms with Crippen LogP contribution in [0, 0.1) is 0 Å². The van der Waals surface area contributed by atoms with Gasteiger partial charge in [-0.05, 0) is 36.2 Å². The molecule has 1 aliphatic heterocycles. The highest BCUT2D eigenvalue weighted by Gasteiger charge is 2.24. The third-order valence-corrected chi connectivity index (χ3v) is 4.26. The van der Waals surface area contributed by atoms with E-state index >= 15 is 0 Å². The average Bonchev–Trinajstić information content (AvgIpc) is 3.10. The summed E-state index contributed by atoms with van der Waals surface area (Å²) in [7, 11) is 3.04. The van der Waals surface area contributed by atoms with E-state index in [1.807, 2.05) is 24.3 Å². The van der Waals surface area contributed by atoms with Crippen LogP contribution in [0.25, 0.3) is 0 Å². The number of hydrogen-bond acceptors (Lipinski definition) is 5. The van der Waals surface area contributed by atoms with Crippen molar-refractivity contribution in [2.75, 3.05) is 44.2 Å². The first-order chi connectivity index (χ1) is 13.1. The first-order valence-corrected chi connectivity index (χ1v) is 8.60. The van der Waals surface area contributed by atoms with Crippen molar-refractivity contribution in [1.82, 2.24) is 0 Å². The number of fused-ring (bicyclic) bond motifs is 1. The monoisotopic (exact) mass is 370 g/mol. The van der Waals surface area contributed by atoms with E-state index in [9.17, 15) is 9.59 Å². The summed E-state index contributed by atoms with van der Waals surface area (Å²) in [5.74, 6) is 0.670. The lowest BCUT2D eigenvalue weighted by Gasteiger charge is -2.17. The SMILES string of the molecule is COCC(=O)N1CCc2ccc(NC(=O)COc3ccccc3OC)cc21. The molecule has 1 heterocycles. The summed E-state index contributed by atoms with van der Waals surface area (Å²) in [4.78, 5) is 26.0. The van der Waals surface area contributed by atoms with Crippen molar-refractivity contribution in [1.29, 1.82) is 0 Å². The van der Waals surface area contributed by atoms with Gasteiger partial charge in [0.1, 0.15) is 6.61 Å². The predicted octanol–water partition coefficient (Wildman–Crippen LogP) is 2.25. The van der Waals surface area contributed by atoms with Crippen LogP contribution in [0.15, 0.2) is 42.5 Å². The second kappa shape index (κ2) is 8.55. The van der Waals surface area contributed by atoms with Gasteiger partial charge in [-0.15, -0.1) is 0 Å². The van der Waals surface area contributed by atoms with Crippen LogP contribution in [0.2, 0.25) is 0 Å². The molecule has 0 fully saturated rings. The van der Waals surface area contributed by atoms with E-state index in [4.69, 9.17) is 14.2 Å². The lowest BCUT2D eigenvalue weighted by molar-refractivity contribution is -0.122. The van der Waals surface area contributed by atoms with Crippen LogP contribution in [0.4, 0.5) is 11.4 Å². The van der Waals surface area contributed by atoms with Crippen molar-refractivity contribution in [3.8, 4) is 11.5 Å². The lowest BCUT2D eigenvalue weighted by atomic mass is 10.1. The highest BCUT2D eigenvalue weighted by molar-refractivity contribution is 5.98. The first-order valence-electron chi connectivity index (χ1n) is 8.60. The summed E-state index contributed by atoms with van der Waals surface area (Å²) in [5.41, 5.74) is 2.49. The molecule has 2 amide bonds. The molecular weight excluding hydrogens is 348 g/mol. The fourth-order valence-corrected chi connectivity index (χ4v) is 3.00. The molecule has 0 atom stereocenters. The minimum absolute atomic E-state index is 0.0305. The number of nitrogens with one attached hydrogen (secondary N) is 1. The largest absolute Gasteiger partial charge is 0.493 e. The standard InChI is InChI=1S/C20H22N2O5/c1-25-13-20(24)22-10-9-14-7-8-15(11-16(14)22)21-19(23)12-27-18-6-4-3-5-17(18)26-2/h3-8,11H,9-10,12-13H2,1-2H3,(H,21,23). The second-order valence-electron chi connectivity index (χ2n) is 6.06. The smallest absolute Gasteiger partial charge is 0.262 e. The van der Waals surface area contributed by atoms with E-state index in [1.165, 1.54) is 7.11 Å². The van der Waals surface area contributed by atoms with Gasteiger partial charge in [0, 0.05) is 25.0 Å². The topological polar surface area (TPSA) is 77.1 Å². The van der Waals surface area contributed by atoms with Crippen LogP contribution >= 0.6 is 0 Å². The minimum atomic E-state index is -0.298. The van der Waals surface area contributed by atoms with Crippen LogP contribution in [0.3, 0.4) is 0 Å². The molecule has 0 aliphatic carbocycles. The van der Waals surface area contributed by atoms with Crippen LogP contribution in [-0.2, 0) is 20.7 Å². The van der Waals surface area contributed by atoms with E-state index in [0.29, 0.717) is 23.7 Å². The van der Waals surface area contributed by atoms with Crippen LogP contribution in [-0.4, -0.2) is 45.8 Å². The number of rotatable bonds is 7. The third-order valence-electron chi connectivity index (χ3n) is 4.26. The van der Waals surface area contributed by atoms with Gasteiger partial charge in [-0.25, -0.2) is 0 Å². The molecule has 0 saturated carbocycles. The van der Waals surface area contributed by atoms with E-state index in [1.54, 1.807) is 30.2 Å². The number of methoxy groups -OCH3 is 2. The Hall–Kier alpha value is -3.06. The van der Waals surface area contributed by atoms with Gasteiger partial charge in [0.05, 0.1) is 7.11 Å². The Morgan fingerprint density at radius 2 is 1.85 bits per heavy atom. The van der Waals surface area contributed by atoms with Crippen molar-refractivity contribution in [3.63, 3.8) is 0 Å². The maximum atomic E-state index is 12.2. The molecule has 0 unspecified atom stereocenters. The molecule has 2 aromatic rings. The number of nitrogens with zero attached hydrogens (tertiary/aromatic N) is 1. The average molecular weight is 370 g/mol. The zero-order valence-corrected chi connectivity index (χ0v) is 15.4. The van der Waals surface area contributed by atoms with E-state index in [2.05, 4.69) is 5.32 Å². The van der Waals surface area contributed by atoms with Crippen LogP contribution in [0.1, 0.15) is 5.56 Å². The number of hydrogen-bond donors (Lipinski definition) is 1. The number of carbonyl (C=O) groups excluding carboxylic acids is 2. The number of ether oxygens (including phenoxy) is 3. The molecule has 0 saturated heterocycles. The van der Waals surface area contributed by atoms with Crippen LogP contribution in [0.5, 0.6) is 11.5 Å². The predicted molar refractivity (Wildman–Crippen MR) is 101 cm³/mol. The Labute approximate surface area is 157 Å². The number of para-hydroxylation sites is 2. The number of carbonyl (C=O) groups is 2. The van der Waals surface area contributed by atoms with E-state index in [0.717, 1.165) is 17.7 Å². The molecule has 1 N–H and O–H groups in total. The van der Waals surface area contributed by atoms with Crippen molar-refractivity contribution in [3.05, 3.63) is 48.0 Å². The fourth-order valence-electron chi connectivity index (χ4n) is 3.00. The molecular formula is C20H22N2O5. The Bertz CT molecular complexity index is 837. The summed E-state index contributed by atoms with van der Waals surface area (Å²) >= 11 is 0. The minimum Gasteiger partial charge on any atom is -0.493 e. The summed E-state index contributed by atoms with van der Waals surface area (Å²) in [6, 6.07) is 12.7. The molecule has 7 nitrogen and oxygen atoms in total. The molecule has 27 heavy (non-hydrogen) atoms. The number of amides is 2. The van der Waals surface area contributed by atoms with Gasteiger partial charge in [-0.3, -0.25) is 9.59 Å². The van der Waals surface area contributed by atoms with Crippen molar-refractivity contribution < 1.29 is 23.8 Å². The molecule has 7 heteroatoms. The Morgan fingerprint density at radius 3 is 2.59 bits per heavy atom. The lowest BCUT2D eigenvalue weighted by Crippen LogP contribution is -2.32. The first kappa shape index (κ1) is 18.7. The number of anilines is 2. The molecule has 0 bridgehead atoms. The van der Waals surface area contributed by atoms with Gasteiger partial charge in [-0.1, -0.05) is 18.2 Å². The third kappa shape index (κ3) is 4.38. The van der Waals surface area contributed by atoms with Crippen molar-refractivity contribution in [2.24, 2.45) is 0 Å². The summed E-state index contributed by atoms with van der Waals surface area (Å²) < 4.78 is 15.7. The molecule has 0 radical (unpaired) electrons.